The molecule has 4 heteroatoms. The molecule has 0 heterocycles. The average molecular weight is 429 g/mol. The Hall–Kier alpha value is -0.900. The molecule has 0 bridgehead atoms. The van der Waals surface area contributed by atoms with E-state index in [4.69, 9.17) is 18.9 Å². The molecule has 0 aromatic rings. The predicted molar refractivity (Wildman–Crippen MR) is 127 cm³/mol. The van der Waals surface area contributed by atoms with Crippen molar-refractivity contribution in [3.63, 3.8) is 0 Å². The number of ether oxygens (including phenoxy) is 4. The monoisotopic (exact) mass is 428 g/mol. The molecule has 0 aliphatic rings. The second-order valence-corrected chi connectivity index (χ2v) is 8.30. The van der Waals surface area contributed by atoms with Gasteiger partial charge < -0.3 is 18.9 Å². The van der Waals surface area contributed by atoms with E-state index in [1.165, 1.54) is 83.5 Å². The fraction of sp³-hybridized carbons (Fsp3) is 0.923. The van der Waals surface area contributed by atoms with Gasteiger partial charge in [0.1, 0.15) is 0 Å². The van der Waals surface area contributed by atoms with Crippen LogP contribution in [0.5, 0.6) is 0 Å². The van der Waals surface area contributed by atoms with Crippen LogP contribution in [-0.4, -0.2) is 27.1 Å². The second-order valence-electron chi connectivity index (χ2n) is 8.30. The molecule has 0 spiro atoms. The highest BCUT2D eigenvalue weighted by molar-refractivity contribution is 4.95. The lowest BCUT2D eigenvalue weighted by Gasteiger charge is -2.17. The minimum absolute atomic E-state index is 0.199. The average Bonchev–Trinajstić information content (AvgIpc) is 2.76. The molecule has 0 saturated carbocycles. The zero-order chi connectivity index (χ0) is 22.1. The van der Waals surface area contributed by atoms with Crippen molar-refractivity contribution < 1.29 is 18.9 Å². The van der Waals surface area contributed by atoms with E-state index in [-0.39, 0.29) is 6.79 Å². The Kier molecular flexibility index (Phi) is 23.6. The van der Waals surface area contributed by atoms with Crippen LogP contribution in [0.1, 0.15) is 130 Å². The topological polar surface area (TPSA) is 36.9 Å². The van der Waals surface area contributed by atoms with Gasteiger partial charge >= 0.3 is 5.95 Å². The van der Waals surface area contributed by atoms with Gasteiger partial charge in [0.05, 0.1) is 13.2 Å². The van der Waals surface area contributed by atoms with Gasteiger partial charge in [-0.15, -0.1) is 0 Å². The molecule has 0 amide bonds. The van der Waals surface area contributed by atoms with Crippen LogP contribution in [0.2, 0.25) is 0 Å². The third-order valence-electron chi connectivity index (χ3n) is 5.30. The van der Waals surface area contributed by atoms with Crippen LogP contribution in [0.3, 0.4) is 0 Å². The normalized spacial score (nSPS) is 12.0. The van der Waals surface area contributed by atoms with Crippen molar-refractivity contribution >= 4 is 0 Å². The van der Waals surface area contributed by atoms with Gasteiger partial charge in [-0.3, -0.25) is 0 Å². The Morgan fingerprint density at radius 3 is 1.50 bits per heavy atom. The van der Waals surface area contributed by atoms with Crippen LogP contribution in [0.25, 0.3) is 0 Å². The summed E-state index contributed by atoms with van der Waals surface area (Å²) in [6.07, 6.45) is 20.8. The molecule has 0 aliphatic heterocycles. The molecule has 0 atom stereocenters. The number of methoxy groups -OCH3 is 1. The van der Waals surface area contributed by atoms with Gasteiger partial charge in [-0.05, 0) is 19.3 Å². The molecular weight excluding hydrogens is 376 g/mol. The summed E-state index contributed by atoms with van der Waals surface area (Å²) in [5, 5.41) is 0. The van der Waals surface area contributed by atoms with Crippen LogP contribution < -0.4 is 0 Å². The molecule has 0 radical (unpaired) electrons. The summed E-state index contributed by atoms with van der Waals surface area (Å²) in [4.78, 5) is 0. The molecule has 0 fully saturated rings. The maximum atomic E-state index is 6.18. The van der Waals surface area contributed by atoms with Crippen LogP contribution in [-0.2, 0) is 18.9 Å². The molecule has 0 unspecified atom stereocenters. The van der Waals surface area contributed by atoms with Crippen molar-refractivity contribution in [3.8, 4) is 0 Å². The van der Waals surface area contributed by atoms with Crippen molar-refractivity contribution in [3.05, 3.63) is 11.7 Å². The summed E-state index contributed by atoms with van der Waals surface area (Å²) < 4.78 is 23.1. The minimum Gasteiger partial charge on any atom is -0.491 e. The third kappa shape index (κ3) is 19.1. The zero-order valence-corrected chi connectivity index (χ0v) is 20.8. The van der Waals surface area contributed by atoms with E-state index in [1.807, 2.05) is 0 Å². The lowest BCUT2D eigenvalue weighted by atomic mass is 10.1. The number of rotatable bonds is 24. The number of allylic oxidation sites excluding steroid dienone is 1. The van der Waals surface area contributed by atoms with Crippen LogP contribution in [0.4, 0.5) is 0 Å². The highest BCUT2D eigenvalue weighted by Crippen LogP contribution is 2.20. The fourth-order valence-corrected chi connectivity index (χ4v) is 3.39. The van der Waals surface area contributed by atoms with Crippen molar-refractivity contribution in [1.82, 2.24) is 0 Å². The third-order valence-corrected chi connectivity index (χ3v) is 5.30. The molecule has 180 valence electrons. The number of unbranched alkanes of at least 4 members (excludes halogenated alkanes) is 13. The summed E-state index contributed by atoms with van der Waals surface area (Å²) in [6.45, 7) is 8.37. The molecule has 0 saturated heterocycles. The van der Waals surface area contributed by atoms with Gasteiger partial charge in [0.2, 0.25) is 0 Å². The first-order chi connectivity index (χ1) is 14.8. The quantitative estimate of drug-likeness (QED) is 0.0877. The van der Waals surface area contributed by atoms with Crippen LogP contribution in [0, 0.1) is 0 Å². The molecule has 4 nitrogen and oxygen atoms in total. The predicted octanol–water partition coefficient (Wildman–Crippen LogP) is 8.50. The van der Waals surface area contributed by atoms with Crippen molar-refractivity contribution in [2.75, 3.05) is 27.1 Å². The largest absolute Gasteiger partial charge is 0.491 e. The molecule has 0 aromatic carbocycles. The van der Waals surface area contributed by atoms with Gasteiger partial charge in [-0.1, -0.05) is 104 Å². The van der Waals surface area contributed by atoms with E-state index in [0.717, 1.165) is 38.0 Å². The maximum Gasteiger partial charge on any atom is 0.321 e. The molecule has 0 aromatic heterocycles. The van der Waals surface area contributed by atoms with Crippen molar-refractivity contribution in [2.45, 2.75) is 130 Å². The van der Waals surface area contributed by atoms with Crippen LogP contribution in [0.15, 0.2) is 11.7 Å². The SMILES string of the molecule is CCCCCCCCC(OCCCCCCC)=C(OCCCCCCC)OCOC. The second kappa shape index (κ2) is 24.4. The molecular formula is C26H52O4. The van der Waals surface area contributed by atoms with E-state index in [2.05, 4.69) is 20.8 Å². The van der Waals surface area contributed by atoms with Gasteiger partial charge in [0.15, 0.2) is 12.6 Å². The summed E-state index contributed by atoms with van der Waals surface area (Å²) >= 11 is 0. The lowest BCUT2D eigenvalue weighted by Crippen LogP contribution is -2.09. The van der Waals surface area contributed by atoms with E-state index in [0.29, 0.717) is 12.6 Å². The van der Waals surface area contributed by atoms with Crippen molar-refractivity contribution in [1.29, 1.82) is 0 Å². The van der Waals surface area contributed by atoms with Gasteiger partial charge in [-0.25, -0.2) is 0 Å². The van der Waals surface area contributed by atoms with Gasteiger partial charge in [0, 0.05) is 13.5 Å². The van der Waals surface area contributed by atoms with Gasteiger partial charge in [-0.2, -0.15) is 0 Å². The summed E-state index contributed by atoms with van der Waals surface area (Å²) in [7, 11) is 1.64. The first kappa shape index (κ1) is 29.1. The fourth-order valence-electron chi connectivity index (χ4n) is 3.39. The zero-order valence-electron chi connectivity index (χ0n) is 20.8. The van der Waals surface area contributed by atoms with E-state index >= 15 is 0 Å². The summed E-state index contributed by atoms with van der Waals surface area (Å²) in [5.41, 5.74) is 0. The molecule has 0 aliphatic carbocycles. The molecule has 0 N–H and O–H groups in total. The lowest BCUT2D eigenvalue weighted by molar-refractivity contribution is -0.0692. The highest BCUT2D eigenvalue weighted by atomic mass is 16.7. The Morgan fingerprint density at radius 2 is 0.967 bits per heavy atom. The van der Waals surface area contributed by atoms with E-state index < -0.39 is 0 Å². The Labute approximate surface area is 188 Å². The molecule has 0 rings (SSSR count). The number of hydrogen-bond acceptors (Lipinski definition) is 4. The Balaban J connectivity index is 4.64. The smallest absolute Gasteiger partial charge is 0.321 e. The molecule has 30 heavy (non-hydrogen) atoms. The van der Waals surface area contributed by atoms with E-state index in [1.54, 1.807) is 7.11 Å². The first-order valence-corrected chi connectivity index (χ1v) is 12.9. The van der Waals surface area contributed by atoms with Gasteiger partial charge in [0.25, 0.3) is 0 Å². The summed E-state index contributed by atoms with van der Waals surface area (Å²) in [5.74, 6) is 1.43. The van der Waals surface area contributed by atoms with E-state index in [9.17, 15) is 0 Å². The standard InChI is InChI=1S/C26H52O4/c1-5-8-11-14-15-18-21-25(28-22-19-16-12-9-6-2)26(30-24-27-4)29-23-20-17-13-10-7-3/h5-24H2,1-4H3. The summed E-state index contributed by atoms with van der Waals surface area (Å²) in [6, 6.07) is 0. The Morgan fingerprint density at radius 1 is 0.500 bits per heavy atom. The Bertz CT molecular complexity index is 350. The van der Waals surface area contributed by atoms with Crippen LogP contribution >= 0.6 is 0 Å². The number of hydrogen-bond donors (Lipinski definition) is 0. The van der Waals surface area contributed by atoms with Crippen molar-refractivity contribution in [2.24, 2.45) is 0 Å². The first-order valence-electron chi connectivity index (χ1n) is 12.9. The minimum atomic E-state index is 0.199. The maximum absolute atomic E-state index is 6.18. The highest BCUT2D eigenvalue weighted by Gasteiger charge is 2.13.